The number of carbonyl (C=O) groups excluding carboxylic acids is 1. The minimum absolute atomic E-state index is 0.168. The highest BCUT2D eigenvalue weighted by molar-refractivity contribution is 7.21. The lowest BCUT2D eigenvalue weighted by Gasteiger charge is -1.97. The number of thiophene rings is 1. The molecule has 0 saturated carbocycles. The molecule has 5 rings (SSSR count). The summed E-state index contributed by atoms with van der Waals surface area (Å²) < 4.78 is 2.00. The smallest absolute Gasteiger partial charge is 0.267 e. The summed E-state index contributed by atoms with van der Waals surface area (Å²) in [7, 11) is 0. The van der Waals surface area contributed by atoms with Gasteiger partial charge >= 0.3 is 0 Å². The lowest BCUT2D eigenvalue weighted by molar-refractivity contribution is 0.103. The number of fused-ring (bicyclic) bond motifs is 3. The van der Waals surface area contributed by atoms with Gasteiger partial charge in [0.15, 0.2) is 10.1 Å². The first-order valence-electron chi connectivity index (χ1n) is 7.74. The van der Waals surface area contributed by atoms with Gasteiger partial charge in [0.25, 0.3) is 5.91 Å². The summed E-state index contributed by atoms with van der Waals surface area (Å²) in [5, 5.41) is 5.45. The Balaban J connectivity index is 1.44. The number of nitrogens with one attached hydrogen (secondary N) is 1. The van der Waals surface area contributed by atoms with Crippen LogP contribution in [0.1, 0.15) is 15.4 Å². The minimum atomic E-state index is -0.168. The highest BCUT2D eigenvalue weighted by Gasteiger charge is 2.17. The first-order valence-corrected chi connectivity index (χ1v) is 10.3. The molecule has 0 unspecified atom stereocenters. The molecule has 5 aromatic rings. The molecule has 0 bridgehead atoms. The molecule has 9 heteroatoms. The van der Waals surface area contributed by atoms with Crippen LogP contribution in [0.25, 0.3) is 25.9 Å². The van der Waals surface area contributed by atoms with E-state index in [0.29, 0.717) is 10.0 Å². The summed E-state index contributed by atoms with van der Waals surface area (Å²) >= 11 is 4.40. The second kappa shape index (κ2) is 5.97. The van der Waals surface area contributed by atoms with E-state index in [4.69, 9.17) is 0 Å². The van der Waals surface area contributed by atoms with Gasteiger partial charge in [-0.1, -0.05) is 17.4 Å². The van der Waals surface area contributed by atoms with Gasteiger partial charge in [-0.3, -0.25) is 19.5 Å². The first-order chi connectivity index (χ1) is 12.7. The number of carbonyl (C=O) groups is 1. The zero-order valence-corrected chi connectivity index (χ0v) is 15.9. The van der Waals surface area contributed by atoms with Crippen molar-refractivity contribution in [3.05, 3.63) is 52.6 Å². The highest BCUT2D eigenvalue weighted by atomic mass is 32.1. The number of amides is 1. The van der Waals surface area contributed by atoms with Crippen LogP contribution in [0.2, 0.25) is 0 Å². The molecule has 0 aromatic carbocycles. The summed E-state index contributed by atoms with van der Waals surface area (Å²) in [6.45, 7) is 1.92. The van der Waals surface area contributed by atoms with Gasteiger partial charge < -0.3 is 0 Å². The Morgan fingerprint density at radius 1 is 1.23 bits per heavy atom. The van der Waals surface area contributed by atoms with Crippen LogP contribution in [-0.2, 0) is 0 Å². The topological polar surface area (TPSA) is 72.2 Å². The third kappa shape index (κ3) is 2.52. The van der Waals surface area contributed by atoms with E-state index < -0.39 is 0 Å². The Hall–Kier alpha value is -2.62. The summed E-state index contributed by atoms with van der Waals surface area (Å²) in [5.41, 5.74) is 2.67. The zero-order chi connectivity index (χ0) is 17.7. The van der Waals surface area contributed by atoms with Crippen LogP contribution in [-0.4, -0.2) is 25.3 Å². The number of hydrogen-bond donors (Lipinski definition) is 1. The third-order valence-electron chi connectivity index (χ3n) is 3.88. The first kappa shape index (κ1) is 15.6. The van der Waals surface area contributed by atoms with E-state index in [1.54, 1.807) is 17.5 Å². The average Bonchev–Trinajstić information content (AvgIpc) is 3.37. The Morgan fingerprint density at radius 2 is 2.15 bits per heavy atom. The van der Waals surface area contributed by atoms with Gasteiger partial charge in [-0.2, -0.15) is 0 Å². The zero-order valence-electron chi connectivity index (χ0n) is 13.5. The van der Waals surface area contributed by atoms with Crippen molar-refractivity contribution in [3.63, 3.8) is 0 Å². The van der Waals surface area contributed by atoms with Crippen molar-refractivity contribution in [2.75, 3.05) is 5.32 Å². The SMILES string of the molecule is Cc1nc(NC(=O)c2cc3c(nc4sccn43)s2)sc1-c1ccccn1. The largest absolute Gasteiger partial charge is 0.297 e. The molecule has 0 fully saturated rings. The molecule has 1 N–H and O–H groups in total. The van der Waals surface area contributed by atoms with Gasteiger partial charge in [-0.25, -0.2) is 9.97 Å². The number of pyridine rings is 1. The molecule has 5 heterocycles. The maximum absolute atomic E-state index is 12.6. The van der Waals surface area contributed by atoms with E-state index >= 15 is 0 Å². The van der Waals surface area contributed by atoms with E-state index in [1.807, 2.05) is 47.2 Å². The van der Waals surface area contributed by atoms with E-state index in [0.717, 1.165) is 31.6 Å². The summed E-state index contributed by atoms with van der Waals surface area (Å²) in [6.07, 6.45) is 3.72. The fourth-order valence-corrected chi connectivity index (χ4v) is 5.34. The number of aryl methyl sites for hydroxylation is 1. The molecule has 0 atom stereocenters. The number of nitrogens with zero attached hydrogens (tertiary/aromatic N) is 4. The fourth-order valence-electron chi connectivity index (χ4n) is 2.70. The van der Waals surface area contributed by atoms with Crippen LogP contribution in [0.4, 0.5) is 5.13 Å². The number of imidazole rings is 1. The van der Waals surface area contributed by atoms with Gasteiger partial charge in [0, 0.05) is 17.8 Å². The minimum Gasteiger partial charge on any atom is -0.297 e. The molecule has 0 aliphatic heterocycles. The number of rotatable bonds is 3. The van der Waals surface area contributed by atoms with Crippen LogP contribution >= 0.6 is 34.0 Å². The van der Waals surface area contributed by atoms with Crippen LogP contribution in [0.5, 0.6) is 0 Å². The number of anilines is 1. The predicted molar refractivity (Wildman–Crippen MR) is 106 cm³/mol. The average molecular weight is 398 g/mol. The predicted octanol–water partition coefficient (Wildman–Crippen LogP) is 4.69. The van der Waals surface area contributed by atoms with Crippen LogP contribution in [0, 0.1) is 6.92 Å². The standard InChI is InChI=1S/C17H11N5OS3/c1-9-13(10-4-2-3-5-18-10)26-16(19-9)20-14(23)12-8-11-15(25-12)21-17-22(11)6-7-24-17/h2-8H,1H3,(H,19,20,23). The van der Waals surface area contributed by atoms with Crippen molar-refractivity contribution < 1.29 is 4.79 Å². The van der Waals surface area contributed by atoms with E-state index in [1.165, 1.54) is 22.7 Å². The molecule has 0 spiro atoms. The molecule has 0 radical (unpaired) electrons. The maximum Gasteiger partial charge on any atom is 0.267 e. The van der Waals surface area contributed by atoms with Gasteiger partial charge in [0.2, 0.25) is 0 Å². The van der Waals surface area contributed by atoms with E-state index in [9.17, 15) is 4.79 Å². The van der Waals surface area contributed by atoms with Crippen LogP contribution in [0.15, 0.2) is 42.0 Å². The van der Waals surface area contributed by atoms with Gasteiger partial charge in [0.1, 0.15) is 4.83 Å². The quantitative estimate of drug-likeness (QED) is 0.479. The molecular formula is C17H11N5OS3. The molecule has 1 amide bonds. The normalized spacial score (nSPS) is 11.4. The molecule has 0 saturated heterocycles. The molecule has 0 aliphatic rings. The lowest BCUT2D eigenvalue weighted by Crippen LogP contribution is -2.09. The van der Waals surface area contributed by atoms with Crippen molar-refractivity contribution in [2.24, 2.45) is 0 Å². The van der Waals surface area contributed by atoms with Crippen molar-refractivity contribution in [1.29, 1.82) is 0 Å². The molecule has 26 heavy (non-hydrogen) atoms. The van der Waals surface area contributed by atoms with Crippen LogP contribution in [0.3, 0.4) is 0 Å². The lowest BCUT2D eigenvalue weighted by atomic mass is 10.3. The Morgan fingerprint density at radius 3 is 3.00 bits per heavy atom. The molecule has 6 nitrogen and oxygen atoms in total. The highest BCUT2D eigenvalue weighted by Crippen LogP contribution is 2.33. The van der Waals surface area contributed by atoms with Crippen molar-refractivity contribution >= 4 is 60.4 Å². The van der Waals surface area contributed by atoms with Crippen molar-refractivity contribution in [2.45, 2.75) is 6.92 Å². The van der Waals surface area contributed by atoms with E-state index in [2.05, 4.69) is 20.3 Å². The second-order valence-corrected chi connectivity index (χ2v) is 8.47. The van der Waals surface area contributed by atoms with Crippen molar-refractivity contribution in [1.82, 2.24) is 19.4 Å². The molecule has 0 aliphatic carbocycles. The second-order valence-electron chi connectivity index (χ2n) is 5.57. The summed E-state index contributed by atoms with van der Waals surface area (Å²) in [6, 6.07) is 7.63. The monoisotopic (exact) mass is 397 g/mol. The Labute approximate surface area is 159 Å². The van der Waals surface area contributed by atoms with Gasteiger partial charge in [0.05, 0.1) is 26.7 Å². The number of aromatic nitrogens is 4. The Bertz CT molecular complexity index is 1250. The van der Waals surface area contributed by atoms with Gasteiger partial charge in [-0.05, 0) is 25.1 Å². The van der Waals surface area contributed by atoms with Crippen LogP contribution < -0.4 is 5.32 Å². The van der Waals surface area contributed by atoms with Crippen molar-refractivity contribution in [3.8, 4) is 10.6 Å². The molecule has 5 aromatic heterocycles. The Kier molecular flexibility index (Phi) is 3.59. The maximum atomic E-state index is 12.6. The number of thiazole rings is 2. The summed E-state index contributed by atoms with van der Waals surface area (Å²) in [4.78, 5) is 29.4. The number of hydrogen-bond acceptors (Lipinski definition) is 7. The fraction of sp³-hybridized carbons (Fsp3) is 0.0588. The third-order valence-corrected chi connectivity index (χ3v) is 6.75. The van der Waals surface area contributed by atoms with Gasteiger partial charge in [-0.15, -0.1) is 22.7 Å². The van der Waals surface area contributed by atoms with E-state index in [-0.39, 0.29) is 5.91 Å². The molecular weight excluding hydrogens is 386 g/mol. The summed E-state index contributed by atoms with van der Waals surface area (Å²) in [5.74, 6) is -0.168. The molecule has 128 valence electrons.